The molecule has 10 heteroatoms. The van der Waals surface area contributed by atoms with Crippen molar-refractivity contribution in [1.82, 2.24) is 25.3 Å². The van der Waals surface area contributed by atoms with E-state index in [1.165, 1.54) is 12.1 Å². The fourth-order valence-electron chi connectivity index (χ4n) is 4.79. The van der Waals surface area contributed by atoms with Gasteiger partial charge >= 0.3 is 0 Å². The number of amides is 2. The molecule has 1 saturated heterocycles. The van der Waals surface area contributed by atoms with Crippen LogP contribution in [-0.4, -0.2) is 50.9 Å². The molecule has 5 aromatic rings. The Hall–Kier alpha value is -5.25. The predicted molar refractivity (Wildman–Crippen MR) is 149 cm³/mol. The molecule has 0 unspecified atom stereocenters. The van der Waals surface area contributed by atoms with Gasteiger partial charge in [0, 0.05) is 60.7 Å². The molecule has 0 spiro atoms. The molecule has 1 aliphatic heterocycles. The number of aromatic nitrogens is 4. The number of anilines is 2. The van der Waals surface area contributed by atoms with Gasteiger partial charge in [-0.05, 0) is 55.0 Å². The van der Waals surface area contributed by atoms with Gasteiger partial charge in [-0.25, -0.2) is 9.37 Å². The Morgan fingerprint density at radius 3 is 2.52 bits per heavy atom. The van der Waals surface area contributed by atoms with Crippen molar-refractivity contribution in [3.05, 3.63) is 109 Å². The number of nitrogens with zero attached hydrogens (tertiary/aromatic N) is 5. The zero-order valence-electron chi connectivity index (χ0n) is 21.3. The molecule has 2 N–H and O–H groups in total. The van der Waals surface area contributed by atoms with Crippen molar-refractivity contribution in [1.29, 1.82) is 0 Å². The van der Waals surface area contributed by atoms with E-state index in [1.807, 2.05) is 18.2 Å². The highest BCUT2D eigenvalue weighted by Crippen LogP contribution is 2.31. The van der Waals surface area contributed by atoms with Gasteiger partial charge in [-0.2, -0.15) is 0 Å². The van der Waals surface area contributed by atoms with Gasteiger partial charge in [0.2, 0.25) is 0 Å². The van der Waals surface area contributed by atoms with Crippen LogP contribution in [-0.2, 0) is 0 Å². The van der Waals surface area contributed by atoms with Gasteiger partial charge in [0.1, 0.15) is 17.3 Å². The Balaban J connectivity index is 1.20. The molecule has 2 amide bonds. The molecule has 1 fully saturated rings. The lowest BCUT2D eigenvalue weighted by molar-refractivity contribution is 0.0935. The molecule has 9 nitrogen and oxygen atoms in total. The van der Waals surface area contributed by atoms with Crippen LogP contribution in [0, 0.1) is 5.82 Å². The van der Waals surface area contributed by atoms with Crippen LogP contribution in [0.3, 0.4) is 0 Å². The summed E-state index contributed by atoms with van der Waals surface area (Å²) in [4.78, 5) is 45.0. The first-order valence-corrected chi connectivity index (χ1v) is 12.8. The highest BCUT2D eigenvalue weighted by molar-refractivity contribution is 6.05. The van der Waals surface area contributed by atoms with Crippen LogP contribution in [0.25, 0.3) is 22.2 Å². The molecule has 0 bridgehead atoms. The summed E-state index contributed by atoms with van der Waals surface area (Å²) in [6.45, 7) is 1.27. The molecule has 1 aliphatic rings. The molecule has 40 heavy (non-hydrogen) atoms. The highest BCUT2D eigenvalue weighted by atomic mass is 19.1. The molecule has 4 heterocycles. The van der Waals surface area contributed by atoms with Gasteiger partial charge in [-0.1, -0.05) is 18.2 Å². The van der Waals surface area contributed by atoms with Crippen LogP contribution in [0.2, 0.25) is 0 Å². The van der Waals surface area contributed by atoms with Crippen molar-refractivity contribution < 1.29 is 14.0 Å². The second-order valence-electron chi connectivity index (χ2n) is 9.41. The minimum absolute atomic E-state index is 0.0391. The van der Waals surface area contributed by atoms with Crippen LogP contribution in [0.1, 0.15) is 27.3 Å². The number of carbonyl (C=O) groups excluding carboxylic acids is 2. The van der Waals surface area contributed by atoms with E-state index < -0.39 is 11.7 Å². The molecule has 3 aromatic heterocycles. The molecule has 0 radical (unpaired) electrons. The quantitative estimate of drug-likeness (QED) is 0.331. The molecular formula is C30H24FN7O2. The van der Waals surface area contributed by atoms with Crippen molar-refractivity contribution in [3.8, 4) is 11.1 Å². The predicted octanol–water partition coefficient (Wildman–Crippen LogP) is 4.49. The number of pyridine rings is 2. The Bertz CT molecular complexity index is 1700. The van der Waals surface area contributed by atoms with Gasteiger partial charge in [0.15, 0.2) is 0 Å². The fourth-order valence-corrected chi connectivity index (χ4v) is 4.79. The van der Waals surface area contributed by atoms with E-state index >= 15 is 0 Å². The van der Waals surface area contributed by atoms with Crippen molar-refractivity contribution in [3.63, 3.8) is 0 Å². The van der Waals surface area contributed by atoms with Crippen LogP contribution >= 0.6 is 0 Å². The number of fused-ring (bicyclic) bond motifs is 1. The number of hydrogen-bond acceptors (Lipinski definition) is 7. The van der Waals surface area contributed by atoms with Gasteiger partial charge in [0.05, 0.1) is 16.6 Å². The number of hydrogen-bond donors (Lipinski definition) is 2. The molecular weight excluding hydrogens is 509 g/mol. The first-order valence-electron chi connectivity index (χ1n) is 12.8. The van der Waals surface area contributed by atoms with Gasteiger partial charge < -0.3 is 15.5 Å². The molecule has 198 valence electrons. The summed E-state index contributed by atoms with van der Waals surface area (Å²) in [6.07, 6.45) is 7.28. The lowest BCUT2D eigenvalue weighted by Gasteiger charge is -2.18. The second-order valence-corrected chi connectivity index (χ2v) is 9.41. The van der Waals surface area contributed by atoms with Crippen molar-refractivity contribution in [2.75, 3.05) is 23.3 Å². The van der Waals surface area contributed by atoms with Crippen molar-refractivity contribution >= 4 is 34.4 Å². The Kier molecular flexibility index (Phi) is 6.80. The van der Waals surface area contributed by atoms with Gasteiger partial charge in [-0.15, -0.1) is 0 Å². The molecule has 6 rings (SSSR count). The zero-order valence-corrected chi connectivity index (χ0v) is 21.3. The smallest absolute Gasteiger partial charge is 0.274 e. The molecule has 1 atom stereocenters. The molecule has 0 saturated carbocycles. The van der Waals surface area contributed by atoms with Crippen LogP contribution in [0.15, 0.2) is 91.5 Å². The average molecular weight is 534 g/mol. The van der Waals surface area contributed by atoms with Crippen molar-refractivity contribution in [2.24, 2.45) is 0 Å². The third kappa shape index (κ3) is 5.19. The second kappa shape index (κ2) is 10.9. The normalized spacial score (nSPS) is 14.7. The summed E-state index contributed by atoms with van der Waals surface area (Å²) >= 11 is 0. The monoisotopic (exact) mass is 533 g/mol. The SMILES string of the molecule is O=C(Nc1cc(-c2ccc(N3CC[C@H](NC(=O)c4ccccc4F)C3)nc2)c2nccnc2c1)c1ccccn1. The van der Waals surface area contributed by atoms with E-state index in [4.69, 9.17) is 0 Å². The lowest BCUT2D eigenvalue weighted by Crippen LogP contribution is -2.37. The lowest BCUT2D eigenvalue weighted by atomic mass is 10.0. The summed E-state index contributed by atoms with van der Waals surface area (Å²) in [6, 6.07) is 18.5. The topological polar surface area (TPSA) is 113 Å². The maximum atomic E-state index is 14.0. The molecule has 2 aromatic carbocycles. The fraction of sp³-hybridized carbons (Fsp3) is 0.133. The first kappa shape index (κ1) is 25.1. The number of halogens is 1. The molecule has 0 aliphatic carbocycles. The number of rotatable bonds is 6. The van der Waals surface area contributed by atoms with E-state index in [9.17, 15) is 14.0 Å². The summed E-state index contributed by atoms with van der Waals surface area (Å²) < 4.78 is 14.0. The number of benzene rings is 2. The van der Waals surface area contributed by atoms with E-state index in [2.05, 4.69) is 35.5 Å². The van der Waals surface area contributed by atoms with E-state index in [0.29, 0.717) is 35.5 Å². The van der Waals surface area contributed by atoms with Gasteiger partial charge in [-0.3, -0.25) is 24.5 Å². The van der Waals surface area contributed by atoms with Crippen LogP contribution in [0.5, 0.6) is 0 Å². The minimum Gasteiger partial charge on any atom is -0.354 e. The summed E-state index contributed by atoms with van der Waals surface area (Å²) in [5.74, 6) is -0.517. The highest BCUT2D eigenvalue weighted by Gasteiger charge is 2.26. The zero-order chi connectivity index (χ0) is 27.5. The van der Waals surface area contributed by atoms with Crippen molar-refractivity contribution in [2.45, 2.75) is 12.5 Å². The third-order valence-electron chi connectivity index (χ3n) is 6.75. The number of nitrogens with one attached hydrogen (secondary N) is 2. The van der Waals surface area contributed by atoms with Crippen LogP contribution < -0.4 is 15.5 Å². The summed E-state index contributed by atoms with van der Waals surface area (Å²) in [7, 11) is 0. The van der Waals surface area contributed by atoms with E-state index in [1.54, 1.807) is 61.2 Å². The Morgan fingerprint density at radius 1 is 0.875 bits per heavy atom. The van der Waals surface area contributed by atoms with E-state index in [0.717, 1.165) is 23.4 Å². The third-order valence-corrected chi connectivity index (χ3v) is 6.75. The Labute approximate surface area is 229 Å². The van der Waals surface area contributed by atoms with E-state index in [-0.39, 0.29) is 17.5 Å². The number of carbonyl (C=O) groups is 2. The van der Waals surface area contributed by atoms with Crippen LogP contribution in [0.4, 0.5) is 15.9 Å². The largest absolute Gasteiger partial charge is 0.354 e. The van der Waals surface area contributed by atoms with Gasteiger partial charge in [0.25, 0.3) is 11.8 Å². The minimum atomic E-state index is -0.537. The maximum absolute atomic E-state index is 14.0. The maximum Gasteiger partial charge on any atom is 0.274 e. The summed E-state index contributed by atoms with van der Waals surface area (Å²) in [5.41, 5.74) is 3.82. The standard InChI is InChI=1S/C30H24FN7O2/c31-24-6-2-1-5-22(24)29(39)36-20-10-14-38(18-20)27-9-8-19(17-35-27)23-15-21(16-26-28(23)34-13-12-33-26)37-30(40)25-7-3-4-11-32-25/h1-9,11-13,15-17,20H,10,14,18H2,(H,36,39)(H,37,40)/t20-/m0/s1. The Morgan fingerprint density at radius 2 is 1.73 bits per heavy atom. The summed E-state index contributed by atoms with van der Waals surface area (Å²) in [5, 5.41) is 5.82. The average Bonchev–Trinajstić information content (AvgIpc) is 3.46. The first-order chi connectivity index (χ1) is 19.5.